The van der Waals surface area contributed by atoms with E-state index in [2.05, 4.69) is 36.0 Å². The number of amides is 1. The Kier molecular flexibility index (Phi) is 4.97. The van der Waals surface area contributed by atoms with E-state index >= 15 is 0 Å². The fraction of sp³-hybridized carbons (Fsp3) is 0.474. The second-order valence-electron chi connectivity index (χ2n) is 6.19. The third kappa shape index (κ3) is 3.56. The van der Waals surface area contributed by atoms with E-state index < -0.39 is 0 Å². The zero-order valence-corrected chi connectivity index (χ0v) is 14.4. The summed E-state index contributed by atoms with van der Waals surface area (Å²) in [4.78, 5) is 17.4. The van der Waals surface area contributed by atoms with Gasteiger partial charge in [-0.2, -0.15) is 4.99 Å². The summed E-state index contributed by atoms with van der Waals surface area (Å²) >= 11 is 1.56. The van der Waals surface area contributed by atoms with Crippen molar-refractivity contribution in [1.29, 1.82) is 0 Å². The summed E-state index contributed by atoms with van der Waals surface area (Å²) in [7, 11) is 0. The normalized spacial score (nSPS) is 16.1. The molecular formula is C19H22N2OS. The monoisotopic (exact) mass is 326 g/mol. The van der Waals surface area contributed by atoms with Gasteiger partial charge < -0.3 is 4.57 Å². The molecule has 1 fully saturated rings. The van der Waals surface area contributed by atoms with Gasteiger partial charge in [0, 0.05) is 6.42 Å². The maximum atomic E-state index is 12.3. The molecule has 0 N–H and O–H groups in total. The number of hydrogen-bond donors (Lipinski definition) is 0. The van der Waals surface area contributed by atoms with E-state index in [1.807, 2.05) is 4.57 Å². The molecule has 0 aliphatic heterocycles. The van der Waals surface area contributed by atoms with Crippen LogP contribution in [0.1, 0.15) is 44.6 Å². The van der Waals surface area contributed by atoms with Crippen LogP contribution in [0.2, 0.25) is 0 Å². The van der Waals surface area contributed by atoms with Gasteiger partial charge in [0.25, 0.3) is 0 Å². The first-order valence-electron chi connectivity index (χ1n) is 8.34. The lowest BCUT2D eigenvalue weighted by Gasteiger charge is -2.04. The highest BCUT2D eigenvalue weighted by Gasteiger charge is 2.18. The number of thiazole rings is 1. The van der Waals surface area contributed by atoms with Crippen LogP contribution in [0.3, 0.4) is 0 Å². The van der Waals surface area contributed by atoms with Crippen LogP contribution in [0, 0.1) is 18.3 Å². The lowest BCUT2D eigenvalue weighted by Crippen LogP contribution is -2.17. The number of benzene rings is 1. The molecule has 0 unspecified atom stereocenters. The highest BCUT2D eigenvalue weighted by molar-refractivity contribution is 7.16. The van der Waals surface area contributed by atoms with Crippen molar-refractivity contribution in [2.45, 2.75) is 52.0 Å². The van der Waals surface area contributed by atoms with Crippen molar-refractivity contribution in [2.24, 2.45) is 10.9 Å². The number of hydrogen-bond acceptors (Lipinski definition) is 2. The molecule has 3 nitrogen and oxygen atoms in total. The maximum absolute atomic E-state index is 12.3. The molecule has 0 spiro atoms. The maximum Gasteiger partial charge on any atom is 0.248 e. The van der Waals surface area contributed by atoms with Gasteiger partial charge in [-0.25, -0.2) is 0 Å². The number of fused-ring (bicyclic) bond motifs is 1. The Bertz CT molecular complexity index is 816. The first-order valence-corrected chi connectivity index (χ1v) is 9.16. The van der Waals surface area contributed by atoms with E-state index in [1.54, 1.807) is 11.3 Å². The van der Waals surface area contributed by atoms with Crippen molar-refractivity contribution in [3.63, 3.8) is 0 Å². The van der Waals surface area contributed by atoms with Crippen molar-refractivity contribution in [1.82, 2.24) is 4.57 Å². The zero-order valence-electron chi connectivity index (χ0n) is 13.5. The van der Waals surface area contributed by atoms with Crippen LogP contribution in [0.5, 0.6) is 0 Å². The van der Waals surface area contributed by atoms with Gasteiger partial charge in [-0.15, -0.1) is 6.42 Å². The molecule has 23 heavy (non-hydrogen) atoms. The van der Waals surface area contributed by atoms with Crippen LogP contribution in [0.15, 0.2) is 23.2 Å². The predicted molar refractivity (Wildman–Crippen MR) is 95.2 cm³/mol. The highest BCUT2D eigenvalue weighted by atomic mass is 32.1. The van der Waals surface area contributed by atoms with Crippen molar-refractivity contribution >= 4 is 27.5 Å². The largest absolute Gasteiger partial charge is 0.305 e. The van der Waals surface area contributed by atoms with Gasteiger partial charge in [0.1, 0.15) is 0 Å². The zero-order chi connectivity index (χ0) is 16.2. The standard InChI is InChI=1S/C19H22N2OS/c1-3-11-21-16-10-9-14(4-2)12-17(16)23-19(21)20-18(22)13-15-7-5-6-8-15/h1,9-10,12,15H,4-8,11,13H2,2H3. The lowest BCUT2D eigenvalue weighted by atomic mass is 10.0. The number of aryl methyl sites for hydroxylation is 1. The Morgan fingerprint density at radius 2 is 2.22 bits per heavy atom. The fourth-order valence-corrected chi connectivity index (χ4v) is 4.39. The molecule has 2 aromatic rings. The van der Waals surface area contributed by atoms with Crippen LogP contribution in [-0.4, -0.2) is 10.5 Å². The number of rotatable bonds is 4. The molecule has 120 valence electrons. The van der Waals surface area contributed by atoms with Crippen LogP contribution in [-0.2, 0) is 17.8 Å². The van der Waals surface area contributed by atoms with Crippen molar-refractivity contribution in [2.75, 3.05) is 0 Å². The van der Waals surface area contributed by atoms with Gasteiger partial charge in [-0.3, -0.25) is 4.79 Å². The van der Waals surface area contributed by atoms with Crippen LogP contribution in [0.25, 0.3) is 10.2 Å². The smallest absolute Gasteiger partial charge is 0.248 e. The highest BCUT2D eigenvalue weighted by Crippen LogP contribution is 2.27. The Morgan fingerprint density at radius 3 is 2.91 bits per heavy atom. The summed E-state index contributed by atoms with van der Waals surface area (Å²) in [5.41, 5.74) is 2.35. The molecule has 0 radical (unpaired) electrons. The van der Waals surface area contributed by atoms with E-state index in [0.29, 0.717) is 18.9 Å². The summed E-state index contributed by atoms with van der Waals surface area (Å²) in [5.74, 6) is 3.19. The average molecular weight is 326 g/mol. The SMILES string of the molecule is C#CCn1c(=NC(=O)CC2CCCC2)sc2cc(CC)ccc21. The molecule has 1 aliphatic rings. The molecule has 1 amide bonds. The van der Waals surface area contributed by atoms with Gasteiger partial charge in [-0.1, -0.05) is 43.1 Å². The van der Waals surface area contributed by atoms with Crippen molar-refractivity contribution in [3.8, 4) is 12.3 Å². The number of carbonyl (C=O) groups is 1. The molecule has 0 atom stereocenters. The molecular weight excluding hydrogens is 304 g/mol. The number of terminal acetylenes is 1. The summed E-state index contributed by atoms with van der Waals surface area (Å²) in [6.45, 7) is 2.59. The van der Waals surface area contributed by atoms with Gasteiger partial charge in [0.05, 0.1) is 16.8 Å². The summed E-state index contributed by atoms with van der Waals surface area (Å²) in [6, 6.07) is 6.38. The van der Waals surface area contributed by atoms with E-state index in [4.69, 9.17) is 6.42 Å². The quantitative estimate of drug-likeness (QED) is 0.785. The number of carbonyl (C=O) groups excluding carboxylic acids is 1. The Morgan fingerprint density at radius 1 is 1.43 bits per heavy atom. The fourth-order valence-electron chi connectivity index (χ4n) is 3.28. The molecule has 0 saturated heterocycles. The minimum atomic E-state index is -0.00931. The molecule has 4 heteroatoms. The van der Waals surface area contributed by atoms with Gasteiger partial charge in [0.2, 0.25) is 5.91 Å². The summed E-state index contributed by atoms with van der Waals surface area (Å²) in [5, 5.41) is 0. The molecule has 1 heterocycles. The predicted octanol–water partition coefficient (Wildman–Crippen LogP) is 3.91. The van der Waals surface area contributed by atoms with E-state index in [9.17, 15) is 4.79 Å². The molecule has 1 saturated carbocycles. The van der Waals surface area contributed by atoms with Gasteiger partial charge in [0.15, 0.2) is 4.80 Å². The Balaban J connectivity index is 1.97. The van der Waals surface area contributed by atoms with Crippen LogP contribution < -0.4 is 4.80 Å². The minimum Gasteiger partial charge on any atom is -0.305 e. The van der Waals surface area contributed by atoms with Crippen molar-refractivity contribution < 1.29 is 4.79 Å². The minimum absolute atomic E-state index is 0.00931. The molecule has 1 aromatic heterocycles. The van der Waals surface area contributed by atoms with E-state index in [1.165, 1.54) is 18.4 Å². The number of nitrogens with zero attached hydrogens (tertiary/aromatic N) is 2. The van der Waals surface area contributed by atoms with E-state index in [0.717, 1.165) is 34.3 Å². The Hall–Kier alpha value is -1.86. The topological polar surface area (TPSA) is 34.4 Å². The molecule has 0 bridgehead atoms. The average Bonchev–Trinajstić information content (AvgIpc) is 3.15. The number of aromatic nitrogens is 1. The van der Waals surface area contributed by atoms with Gasteiger partial charge in [-0.05, 0) is 42.9 Å². The van der Waals surface area contributed by atoms with Crippen LogP contribution in [0.4, 0.5) is 0 Å². The molecule has 1 aromatic carbocycles. The Labute approximate surface area is 141 Å². The summed E-state index contributed by atoms with van der Waals surface area (Å²) in [6.07, 6.45) is 11.9. The first kappa shape index (κ1) is 16.0. The second-order valence-corrected chi connectivity index (χ2v) is 7.20. The third-order valence-corrected chi connectivity index (χ3v) is 5.60. The van der Waals surface area contributed by atoms with Crippen molar-refractivity contribution in [3.05, 3.63) is 28.6 Å². The van der Waals surface area contributed by atoms with Crippen LogP contribution >= 0.6 is 11.3 Å². The first-order chi connectivity index (χ1) is 11.2. The second kappa shape index (κ2) is 7.14. The lowest BCUT2D eigenvalue weighted by molar-refractivity contribution is -0.118. The molecule has 1 aliphatic carbocycles. The summed E-state index contributed by atoms with van der Waals surface area (Å²) < 4.78 is 3.12. The molecule has 3 rings (SSSR count). The third-order valence-electron chi connectivity index (χ3n) is 4.56. The van der Waals surface area contributed by atoms with E-state index in [-0.39, 0.29) is 5.91 Å². The van der Waals surface area contributed by atoms with Gasteiger partial charge >= 0.3 is 0 Å².